The van der Waals surface area contributed by atoms with Crippen molar-refractivity contribution in [2.45, 2.75) is 71.1 Å². The molecule has 2 N–H and O–H groups in total. The summed E-state index contributed by atoms with van der Waals surface area (Å²) in [5.74, 6) is 0.875. The maximum Gasteiger partial charge on any atom is 0.0526 e. The zero-order valence-electron chi connectivity index (χ0n) is 9.79. The second kappa shape index (κ2) is 5.72. The molecule has 84 valence electrons. The topological polar surface area (TPSA) is 32.3 Å². The Bertz CT molecular complexity index is 158. The normalized spacial score (nSPS) is 32.6. The fourth-order valence-corrected chi connectivity index (χ4v) is 2.57. The van der Waals surface area contributed by atoms with Gasteiger partial charge in [0.25, 0.3) is 0 Å². The first kappa shape index (κ1) is 12.0. The van der Waals surface area contributed by atoms with E-state index in [2.05, 4.69) is 19.2 Å². The lowest BCUT2D eigenvalue weighted by molar-refractivity contribution is 0.163. The van der Waals surface area contributed by atoms with E-state index in [0.29, 0.717) is 12.1 Å². The molecule has 2 nitrogen and oxygen atoms in total. The highest BCUT2D eigenvalue weighted by atomic mass is 16.3. The third-order valence-electron chi connectivity index (χ3n) is 3.15. The van der Waals surface area contributed by atoms with Gasteiger partial charge in [0, 0.05) is 12.1 Å². The van der Waals surface area contributed by atoms with Gasteiger partial charge in [0.1, 0.15) is 0 Å². The summed E-state index contributed by atoms with van der Waals surface area (Å²) in [6.07, 6.45) is 6.06. The van der Waals surface area contributed by atoms with E-state index in [9.17, 15) is 5.11 Å². The molecule has 4 atom stereocenters. The van der Waals surface area contributed by atoms with E-state index in [0.717, 1.165) is 12.3 Å². The van der Waals surface area contributed by atoms with Crippen LogP contribution in [0.4, 0.5) is 0 Å². The number of nitrogens with one attached hydrogen (secondary N) is 1. The molecule has 1 aliphatic carbocycles. The standard InChI is InChI=1S/C12H25NO/c1-9-5-4-6-12(7-9)13-10(2)8-11(3)14/h9-14H,4-8H2,1-3H3. The Hall–Kier alpha value is -0.0800. The van der Waals surface area contributed by atoms with Gasteiger partial charge in [0.2, 0.25) is 0 Å². The molecule has 2 heteroatoms. The minimum Gasteiger partial charge on any atom is -0.393 e. The van der Waals surface area contributed by atoms with Crippen molar-refractivity contribution in [2.24, 2.45) is 5.92 Å². The van der Waals surface area contributed by atoms with Gasteiger partial charge < -0.3 is 10.4 Å². The first-order valence-corrected chi connectivity index (χ1v) is 6.02. The van der Waals surface area contributed by atoms with E-state index in [-0.39, 0.29) is 6.10 Å². The highest BCUT2D eigenvalue weighted by molar-refractivity contribution is 4.78. The maximum absolute atomic E-state index is 9.26. The van der Waals surface area contributed by atoms with Crippen molar-refractivity contribution in [1.82, 2.24) is 5.32 Å². The van der Waals surface area contributed by atoms with Gasteiger partial charge in [-0.1, -0.05) is 19.8 Å². The molecule has 0 aromatic rings. The Labute approximate surface area is 88.1 Å². The number of rotatable bonds is 4. The molecule has 0 radical (unpaired) electrons. The third-order valence-corrected chi connectivity index (χ3v) is 3.15. The Morgan fingerprint density at radius 2 is 2.07 bits per heavy atom. The van der Waals surface area contributed by atoms with Crippen LogP contribution in [0.2, 0.25) is 0 Å². The molecule has 1 fully saturated rings. The average Bonchev–Trinajstić information content (AvgIpc) is 2.01. The third kappa shape index (κ3) is 4.43. The van der Waals surface area contributed by atoms with Crippen molar-refractivity contribution in [3.05, 3.63) is 0 Å². The molecule has 0 heterocycles. The average molecular weight is 199 g/mol. The molecule has 0 aromatic carbocycles. The van der Waals surface area contributed by atoms with Gasteiger partial charge in [0.05, 0.1) is 6.10 Å². The number of aliphatic hydroxyl groups excluding tert-OH is 1. The number of hydrogen-bond acceptors (Lipinski definition) is 2. The predicted octanol–water partition coefficient (Wildman–Crippen LogP) is 2.31. The van der Waals surface area contributed by atoms with Gasteiger partial charge >= 0.3 is 0 Å². The van der Waals surface area contributed by atoms with Gasteiger partial charge in [-0.25, -0.2) is 0 Å². The van der Waals surface area contributed by atoms with Crippen LogP contribution in [0.5, 0.6) is 0 Å². The molecule has 0 saturated heterocycles. The minimum atomic E-state index is -0.182. The highest BCUT2D eigenvalue weighted by Gasteiger charge is 2.20. The number of aliphatic hydroxyl groups is 1. The molecule has 1 rings (SSSR count). The van der Waals surface area contributed by atoms with Crippen LogP contribution < -0.4 is 5.32 Å². The van der Waals surface area contributed by atoms with Crippen LogP contribution in [-0.4, -0.2) is 23.3 Å². The van der Waals surface area contributed by atoms with E-state index in [4.69, 9.17) is 0 Å². The first-order valence-electron chi connectivity index (χ1n) is 6.02. The van der Waals surface area contributed by atoms with Crippen molar-refractivity contribution in [3.8, 4) is 0 Å². The van der Waals surface area contributed by atoms with Crippen LogP contribution in [0.1, 0.15) is 52.9 Å². The van der Waals surface area contributed by atoms with E-state index >= 15 is 0 Å². The molecular formula is C12H25NO. The Balaban J connectivity index is 2.21. The summed E-state index contributed by atoms with van der Waals surface area (Å²) in [5, 5.41) is 12.9. The molecule has 0 amide bonds. The maximum atomic E-state index is 9.26. The molecule has 4 unspecified atom stereocenters. The van der Waals surface area contributed by atoms with Crippen molar-refractivity contribution in [1.29, 1.82) is 0 Å². The Morgan fingerprint density at radius 3 is 2.64 bits per heavy atom. The summed E-state index contributed by atoms with van der Waals surface area (Å²) < 4.78 is 0. The molecule has 14 heavy (non-hydrogen) atoms. The summed E-state index contributed by atoms with van der Waals surface area (Å²) in [6.45, 7) is 6.38. The van der Waals surface area contributed by atoms with Crippen LogP contribution in [0.15, 0.2) is 0 Å². The highest BCUT2D eigenvalue weighted by Crippen LogP contribution is 2.23. The summed E-state index contributed by atoms with van der Waals surface area (Å²) in [6, 6.07) is 1.14. The van der Waals surface area contributed by atoms with E-state index in [1.165, 1.54) is 25.7 Å². The Morgan fingerprint density at radius 1 is 1.36 bits per heavy atom. The largest absolute Gasteiger partial charge is 0.393 e. The number of hydrogen-bond donors (Lipinski definition) is 2. The fraction of sp³-hybridized carbons (Fsp3) is 1.00. The monoisotopic (exact) mass is 199 g/mol. The van der Waals surface area contributed by atoms with Crippen molar-refractivity contribution in [3.63, 3.8) is 0 Å². The van der Waals surface area contributed by atoms with E-state index in [1.807, 2.05) is 6.92 Å². The van der Waals surface area contributed by atoms with Crippen LogP contribution in [0, 0.1) is 5.92 Å². The van der Waals surface area contributed by atoms with Crippen LogP contribution in [0.3, 0.4) is 0 Å². The second-order valence-electron chi connectivity index (χ2n) is 5.12. The van der Waals surface area contributed by atoms with Gasteiger partial charge in [-0.2, -0.15) is 0 Å². The SMILES string of the molecule is CC(O)CC(C)NC1CCCC(C)C1. The summed E-state index contributed by atoms with van der Waals surface area (Å²) in [4.78, 5) is 0. The predicted molar refractivity (Wildman–Crippen MR) is 60.3 cm³/mol. The molecule has 0 aromatic heterocycles. The van der Waals surface area contributed by atoms with E-state index < -0.39 is 0 Å². The summed E-state index contributed by atoms with van der Waals surface area (Å²) in [7, 11) is 0. The van der Waals surface area contributed by atoms with Gasteiger partial charge in [-0.15, -0.1) is 0 Å². The second-order valence-corrected chi connectivity index (χ2v) is 5.12. The quantitative estimate of drug-likeness (QED) is 0.728. The molecule has 1 saturated carbocycles. The zero-order chi connectivity index (χ0) is 10.6. The van der Waals surface area contributed by atoms with Crippen molar-refractivity contribution < 1.29 is 5.11 Å². The van der Waals surface area contributed by atoms with Crippen molar-refractivity contribution >= 4 is 0 Å². The Kier molecular flexibility index (Phi) is 4.90. The van der Waals surface area contributed by atoms with E-state index in [1.54, 1.807) is 0 Å². The molecule has 0 spiro atoms. The first-order chi connectivity index (χ1) is 6.58. The molecule has 0 bridgehead atoms. The smallest absolute Gasteiger partial charge is 0.0526 e. The lowest BCUT2D eigenvalue weighted by Gasteiger charge is -2.30. The molecule has 1 aliphatic rings. The lowest BCUT2D eigenvalue weighted by atomic mass is 9.86. The fourth-order valence-electron chi connectivity index (χ4n) is 2.57. The molecular weight excluding hydrogens is 174 g/mol. The lowest BCUT2D eigenvalue weighted by Crippen LogP contribution is -2.40. The summed E-state index contributed by atoms with van der Waals surface area (Å²) in [5.41, 5.74) is 0. The molecule has 0 aliphatic heterocycles. The van der Waals surface area contributed by atoms with Gasteiger partial charge in [0.15, 0.2) is 0 Å². The zero-order valence-corrected chi connectivity index (χ0v) is 9.79. The van der Waals surface area contributed by atoms with Crippen LogP contribution >= 0.6 is 0 Å². The van der Waals surface area contributed by atoms with Crippen molar-refractivity contribution in [2.75, 3.05) is 0 Å². The van der Waals surface area contributed by atoms with Crippen LogP contribution in [-0.2, 0) is 0 Å². The summed E-state index contributed by atoms with van der Waals surface area (Å²) >= 11 is 0. The van der Waals surface area contributed by atoms with Crippen LogP contribution in [0.25, 0.3) is 0 Å². The van der Waals surface area contributed by atoms with Gasteiger partial charge in [-0.05, 0) is 39.0 Å². The van der Waals surface area contributed by atoms with Gasteiger partial charge in [-0.3, -0.25) is 0 Å². The minimum absolute atomic E-state index is 0.182.